The first-order valence-electron chi connectivity index (χ1n) is 5.37. The van der Waals surface area contributed by atoms with Gasteiger partial charge in [-0.2, -0.15) is 5.26 Å². The molecule has 0 saturated heterocycles. The quantitative estimate of drug-likeness (QED) is 0.711. The predicted molar refractivity (Wildman–Crippen MR) is 58.6 cm³/mol. The molecule has 0 aromatic carbocycles. The summed E-state index contributed by atoms with van der Waals surface area (Å²) in [5, 5.41) is 16.9. The van der Waals surface area contributed by atoms with Gasteiger partial charge < -0.3 is 10.0 Å². The van der Waals surface area contributed by atoms with Crippen molar-refractivity contribution < 1.29 is 14.7 Å². The maximum Gasteiger partial charge on any atom is 0.303 e. The highest BCUT2D eigenvalue weighted by Crippen LogP contribution is 2.06. The third-order valence-electron chi connectivity index (χ3n) is 2.19. The number of carboxylic acids is 1. The standard InChI is InChI=1S/C11H18N2O3/c1-9(2)13(8-4-7-12)10(14)5-3-6-11(15)16/h9H,3-6,8H2,1-2H3,(H,15,16). The van der Waals surface area contributed by atoms with Gasteiger partial charge in [-0.15, -0.1) is 0 Å². The van der Waals surface area contributed by atoms with Gasteiger partial charge in [0.2, 0.25) is 5.91 Å². The molecule has 1 amide bonds. The second-order valence-corrected chi connectivity index (χ2v) is 3.84. The van der Waals surface area contributed by atoms with Crippen LogP contribution in [-0.4, -0.2) is 34.5 Å². The lowest BCUT2D eigenvalue weighted by Crippen LogP contribution is -2.37. The number of nitriles is 1. The Morgan fingerprint density at radius 2 is 2.00 bits per heavy atom. The monoisotopic (exact) mass is 226 g/mol. The lowest BCUT2D eigenvalue weighted by molar-refractivity contribution is -0.137. The molecule has 0 aromatic rings. The van der Waals surface area contributed by atoms with Crippen molar-refractivity contribution in [3.05, 3.63) is 0 Å². The van der Waals surface area contributed by atoms with Gasteiger partial charge in [0.05, 0.1) is 12.5 Å². The average Bonchev–Trinajstić information content (AvgIpc) is 2.17. The van der Waals surface area contributed by atoms with Crippen molar-refractivity contribution in [2.45, 2.75) is 45.6 Å². The largest absolute Gasteiger partial charge is 0.481 e. The Labute approximate surface area is 95.7 Å². The van der Waals surface area contributed by atoms with Gasteiger partial charge in [-0.25, -0.2) is 0 Å². The lowest BCUT2D eigenvalue weighted by Gasteiger charge is -2.25. The van der Waals surface area contributed by atoms with Gasteiger partial charge in [-0.05, 0) is 20.3 Å². The minimum atomic E-state index is -0.888. The molecule has 0 bridgehead atoms. The van der Waals surface area contributed by atoms with E-state index in [0.717, 1.165) is 0 Å². The lowest BCUT2D eigenvalue weighted by atomic mass is 10.2. The van der Waals surface area contributed by atoms with Crippen LogP contribution in [0.4, 0.5) is 0 Å². The summed E-state index contributed by atoms with van der Waals surface area (Å²) in [7, 11) is 0. The van der Waals surface area contributed by atoms with E-state index in [1.165, 1.54) is 0 Å². The fraction of sp³-hybridized carbons (Fsp3) is 0.727. The van der Waals surface area contributed by atoms with Gasteiger partial charge in [-0.1, -0.05) is 0 Å². The summed E-state index contributed by atoms with van der Waals surface area (Å²) in [5.74, 6) is -0.965. The summed E-state index contributed by atoms with van der Waals surface area (Å²) >= 11 is 0. The highest BCUT2D eigenvalue weighted by molar-refractivity contribution is 5.77. The average molecular weight is 226 g/mol. The van der Waals surface area contributed by atoms with Crippen LogP contribution in [0.5, 0.6) is 0 Å². The summed E-state index contributed by atoms with van der Waals surface area (Å²) in [4.78, 5) is 23.6. The normalized spacial score (nSPS) is 9.88. The molecule has 90 valence electrons. The molecule has 0 aliphatic heterocycles. The number of carbonyl (C=O) groups excluding carboxylic acids is 1. The number of aliphatic carboxylic acids is 1. The second kappa shape index (κ2) is 7.69. The number of hydrogen-bond donors (Lipinski definition) is 1. The molecule has 16 heavy (non-hydrogen) atoms. The molecule has 0 rings (SSSR count). The zero-order chi connectivity index (χ0) is 12.6. The topological polar surface area (TPSA) is 81.4 Å². The molecule has 0 aliphatic carbocycles. The van der Waals surface area contributed by atoms with Crippen molar-refractivity contribution in [2.75, 3.05) is 6.54 Å². The van der Waals surface area contributed by atoms with E-state index in [1.54, 1.807) is 4.90 Å². The van der Waals surface area contributed by atoms with Crippen molar-refractivity contribution in [2.24, 2.45) is 0 Å². The Kier molecular flexibility index (Phi) is 6.93. The van der Waals surface area contributed by atoms with Gasteiger partial charge in [0.25, 0.3) is 0 Å². The Morgan fingerprint density at radius 3 is 2.44 bits per heavy atom. The Balaban J connectivity index is 4.07. The van der Waals surface area contributed by atoms with Crippen LogP contribution in [0.1, 0.15) is 39.5 Å². The molecule has 0 heterocycles. The first-order valence-corrected chi connectivity index (χ1v) is 5.37. The van der Waals surface area contributed by atoms with Gasteiger partial charge in [-0.3, -0.25) is 9.59 Å². The van der Waals surface area contributed by atoms with Crippen LogP contribution in [0.2, 0.25) is 0 Å². The molecule has 0 aromatic heterocycles. The first kappa shape index (κ1) is 14.4. The summed E-state index contributed by atoms with van der Waals surface area (Å²) in [5.41, 5.74) is 0. The molecule has 0 saturated carbocycles. The third-order valence-corrected chi connectivity index (χ3v) is 2.19. The van der Waals surface area contributed by atoms with Crippen LogP contribution < -0.4 is 0 Å². The number of carboxylic acid groups (broad SMARTS) is 1. The Hall–Kier alpha value is -1.57. The van der Waals surface area contributed by atoms with Crippen molar-refractivity contribution in [1.29, 1.82) is 5.26 Å². The maximum absolute atomic E-state index is 11.7. The van der Waals surface area contributed by atoms with E-state index >= 15 is 0 Å². The fourth-order valence-electron chi connectivity index (χ4n) is 1.38. The molecule has 0 fully saturated rings. The zero-order valence-corrected chi connectivity index (χ0v) is 9.77. The van der Waals surface area contributed by atoms with Gasteiger partial charge in [0, 0.05) is 25.4 Å². The van der Waals surface area contributed by atoms with E-state index in [0.29, 0.717) is 19.4 Å². The highest BCUT2D eigenvalue weighted by atomic mass is 16.4. The fourth-order valence-corrected chi connectivity index (χ4v) is 1.38. The smallest absolute Gasteiger partial charge is 0.303 e. The number of carbonyl (C=O) groups is 2. The molecular weight excluding hydrogens is 208 g/mol. The summed E-state index contributed by atoms with van der Waals surface area (Å²) in [6.45, 7) is 4.18. The van der Waals surface area contributed by atoms with E-state index in [9.17, 15) is 9.59 Å². The molecule has 1 N–H and O–H groups in total. The summed E-state index contributed by atoms with van der Waals surface area (Å²) in [6.07, 6.45) is 0.901. The van der Waals surface area contributed by atoms with Crippen LogP contribution in [-0.2, 0) is 9.59 Å². The number of nitrogens with zero attached hydrogens (tertiary/aromatic N) is 2. The number of amides is 1. The minimum Gasteiger partial charge on any atom is -0.481 e. The van der Waals surface area contributed by atoms with Crippen molar-refractivity contribution in [3.63, 3.8) is 0 Å². The first-order chi connectivity index (χ1) is 7.49. The van der Waals surface area contributed by atoms with E-state index in [-0.39, 0.29) is 24.8 Å². The molecule has 0 unspecified atom stereocenters. The number of rotatable bonds is 7. The van der Waals surface area contributed by atoms with Crippen LogP contribution in [0.25, 0.3) is 0 Å². The zero-order valence-electron chi connectivity index (χ0n) is 9.77. The molecule has 0 radical (unpaired) electrons. The van der Waals surface area contributed by atoms with Crippen LogP contribution in [0.3, 0.4) is 0 Å². The van der Waals surface area contributed by atoms with Gasteiger partial charge >= 0.3 is 5.97 Å². The molecule has 5 nitrogen and oxygen atoms in total. The molecule has 0 spiro atoms. The van der Waals surface area contributed by atoms with Crippen LogP contribution >= 0.6 is 0 Å². The van der Waals surface area contributed by atoms with Crippen molar-refractivity contribution >= 4 is 11.9 Å². The summed E-state index contributed by atoms with van der Waals surface area (Å²) < 4.78 is 0. The van der Waals surface area contributed by atoms with Crippen molar-refractivity contribution in [1.82, 2.24) is 4.90 Å². The third kappa shape index (κ3) is 6.02. The molecule has 0 atom stereocenters. The number of hydrogen-bond acceptors (Lipinski definition) is 3. The van der Waals surface area contributed by atoms with Gasteiger partial charge in [0.15, 0.2) is 0 Å². The molecule has 5 heteroatoms. The molecular formula is C11H18N2O3. The Bertz CT molecular complexity index is 281. The van der Waals surface area contributed by atoms with Gasteiger partial charge in [0.1, 0.15) is 0 Å². The summed E-state index contributed by atoms with van der Waals surface area (Å²) in [6, 6.07) is 2.04. The van der Waals surface area contributed by atoms with Crippen LogP contribution in [0.15, 0.2) is 0 Å². The van der Waals surface area contributed by atoms with Crippen molar-refractivity contribution in [3.8, 4) is 6.07 Å². The van der Waals surface area contributed by atoms with E-state index in [1.807, 2.05) is 19.9 Å². The van der Waals surface area contributed by atoms with E-state index < -0.39 is 5.97 Å². The van der Waals surface area contributed by atoms with Crippen LogP contribution in [0, 0.1) is 11.3 Å². The van der Waals surface area contributed by atoms with E-state index in [2.05, 4.69) is 0 Å². The van der Waals surface area contributed by atoms with E-state index in [4.69, 9.17) is 10.4 Å². The highest BCUT2D eigenvalue weighted by Gasteiger charge is 2.16. The SMILES string of the molecule is CC(C)N(CCC#N)C(=O)CCCC(=O)O. The Morgan fingerprint density at radius 1 is 1.38 bits per heavy atom. The second-order valence-electron chi connectivity index (χ2n) is 3.84. The maximum atomic E-state index is 11.7. The minimum absolute atomic E-state index is 0.00985. The predicted octanol–water partition coefficient (Wildman–Crippen LogP) is 1.39. The molecule has 0 aliphatic rings.